The molecule has 0 radical (unpaired) electrons. The van der Waals surface area contributed by atoms with E-state index in [9.17, 15) is 9.59 Å². The molecule has 13 heavy (non-hydrogen) atoms. The summed E-state index contributed by atoms with van der Waals surface area (Å²) in [5.74, 6) is -0.167. The SMILES string of the molecule is O=C1CCC2(CCNCC2)C(=O)N1. The monoisotopic (exact) mass is 182 g/mol. The average molecular weight is 182 g/mol. The normalized spacial score (nSPS) is 27.4. The standard InChI is InChI=1S/C9H14N2O2/c12-7-1-2-9(8(13)11-7)3-5-10-6-4-9/h10H,1-6H2,(H,11,12,13). The van der Waals surface area contributed by atoms with Crippen molar-refractivity contribution in [3.05, 3.63) is 0 Å². The fourth-order valence-electron chi connectivity index (χ4n) is 2.17. The van der Waals surface area contributed by atoms with E-state index in [0.29, 0.717) is 6.42 Å². The molecular formula is C9H14N2O2. The smallest absolute Gasteiger partial charge is 0.232 e. The molecule has 2 heterocycles. The number of rotatable bonds is 0. The molecule has 4 nitrogen and oxygen atoms in total. The second kappa shape index (κ2) is 3.10. The third kappa shape index (κ3) is 1.46. The lowest BCUT2D eigenvalue weighted by Gasteiger charge is -2.38. The van der Waals surface area contributed by atoms with Crippen LogP contribution >= 0.6 is 0 Å². The van der Waals surface area contributed by atoms with Crippen LogP contribution in [0, 0.1) is 5.41 Å². The fourth-order valence-corrected chi connectivity index (χ4v) is 2.17. The van der Waals surface area contributed by atoms with E-state index in [0.717, 1.165) is 32.4 Å². The highest BCUT2D eigenvalue weighted by Crippen LogP contribution is 2.36. The van der Waals surface area contributed by atoms with Crippen molar-refractivity contribution in [3.8, 4) is 0 Å². The fraction of sp³-hybridized carbons (Fsp3) is 0.778. The van der Waals surface area contributed by atoms with Gasteiger partial charge in [0, 0.05) is 6.42 Å². The molecule has 0 aromatic rings. The Hall–Kier alpha value is -0.900. The van der Waals surface area contributed by atoms with Crippen molar-refractivity contribution in [2.24, 2.45) is 5.41 Å². The third-order valence-corrected chi connectivity index (χ3v) is 3.13. The van der Waals surface area contributed by atoms with Crippen molar-refractivity contribution in [1.82, 2.24) is 10.6 Å². The molecule has 0 aliphatic carbocycles. The van der Waals surface area contributed by atoms with Gasteiger partial charge in [-0.3, -0.25) is 14.9 Å². The van der Waals surface area contributed by atoms with Crippen LogP contribution in [0.25, 0.3) is 0 Å². The summed E-state index contributed by atoms with van der Waals surface area (Å²) in [5.41, 5.74) is -0.237. The Morgan fingerprint density at radius 2 is 1.77 bits per heavy atom. The van der Waals surface area contributed by atoms with Crippen LogP contribution in [-0.2, 0) is 9.59 Å². The lowest BCUT2D eigenvalue weighted by atomic mass is 9.73. The topological polar surface area (TPSA) is 58.2 Å². The number of imide groups is 1. The molecule has 2 amide bonds. The maximum atomic E-state index is 11.6. The molecule has 2 N–H and O–H groups in total. The highest BCUT2D eigenvalue weighted by molar-refractivity contribution is 6.00. The van der Waals surface area contributed by atoms with Gasteiger partial charge in [-0.25, -0.2) is 0 Å². The minimum absolute atomic E-state index is 0.0507. The van der Waals surface area contributed by atoms with Gasteiger partial charge in [0.05, 0.1) is 5.41 Å². The first-order chi connectivity index (χ1) is 6.23. The van der Waals surface area contributed by atoms with Crippen LogP contribution in [0.1, 0.15) is 25.7 Å². The van der Waals surface area contributed by atoms with E-state index in [-0.39, 0.29) is 17.2 Å². The second-order valence-electron chi connectivity index (χ2n) is 3.91. The first-order valence-corrected chi connectivity index (χ1v) is 4.78. The molecule has 2 aliphatic heterocycles. The van der Waals surface area contributed by atoms with Crippen LogP contribution in [0.2, 0.25) is 0 Å². The molecule has 2 rings (SSSR count). The summed E-state index contributed by atoms with van der Waals surface area (Å²) < 4.78 is 0. The van der Waals surface area contributed by atoms with Crippen molar-refractivity contribution < 1.29 is 9.59 Å². The summed E-state index contributed by atoms with van der Waals surface area (Å²) >= 11 is 0. The quantitative estimate of drug-likeness (QED) is 0.510. The lowest BCUT2D eigenvalue weighted by molar-refractivity contribution is -0.143. The molecule has 2 aliphatic rings. The highest BCUT2D eigenvalue weighted by Gasteiger charge is 2.42. The molecule has 4 heteroatoms. The largest absolute Gasteiger partial charge is 0.317 e. The Labute approximate surface area is 77.1 Å². The number of carbonyl (C=O) groups is 2. The van der Waals surface area contributed by atoms with E-state index in [2.05, 4.69) is 10.6 Å². The summed E-state index contributed by atoms with van der Waals surface area (Å²) in [6.45, 7) is 1.78. The van der Waals surface area contributed by atoms with Gasteiger partial charge in [0.15, 0.2) is 0 Å². The van der Waals surface area contributed by atoms with Crippen LogP contribution in [0.5, 0.6) is 0 Å². The Morgan fingerprint density at radius 1 is 1.08 bits per heavy atom. The minimum atomic E-state index is -0.237. The Morgan fingerprint density at radius 3 is 2.38 bits per heavy atom. The molecule has 0 saturated carbocycles. The number of hydrogen-bond acceptors (Lipinski definition) is 3. The molecule has 0 unspecified atom stereocenters. The summed E-state index contributed by atoms with van der Waals surface area (Å²) in [7, 11) is 0. The van der Waals surface area contributed by atoms with Gasteiger partial charge >= 0.3 is 0 Å². The Balaban J connectivity index is 2.12. The molecule has 72 valence electrons. The van der Waals surface area contributed by atoms with Gasteiger partial charge in [-0.1, -0.05) is 0 Å². The number of amides is 2. The first kappa shape index (κ1) is 8.69. The second-order valence-corrected chi connectivity index (χ2v) is 3.91. The van der Waals surface area contributed by atoms with Gasteiger partial charge in [-0.05, 0) is 32.4 Å². The highest BCUT2D eigenvalue weighted by atomic mass is 16.2. The predicted octanol–water partition coefficient (Wildman–Crippen LogP) is -0.207. The summed E-state index contributed by atoms with van der Waals surface area (Å²) in [6.07, 6.45) is 2.98. The zero-order valence-electron chi connectivity index (χ0n) is 7.56. The summed E-state index contributed by atoms with van der Waals surface area (Å²) in [5, 5.41) is 5.66. The number of nitrogens with one attached hydrogen (secondary N) is 2. The predicted molar refractivity (Wildman–Crippen MR) is 46.9 cm³/mol. The van der Waals surface area contributed by atoms with Gasteiger partial charge in [0.2, 0.25) is 11.8 Å². The van der Waals surface area contributed by atoms with Gasteiger partial charge < -0.3 is 5.32 Å². The molecular weight excluding hydrogens is 168 g/mol. The van der Waals surface area contributed by atoms with Gasteiger partial charge in [-0.2, -0.15) is 0 Å². The van der Waals surface area contributed by atoms with Crippen LogP contribution in [-0.4, -0.2) is 24.9 Å². The number of piperidine rings is 2. The first-order valence-electron chi connectivity index (χ1n) is 4.78. The molecule has 2 saturated heterocycles. The van der Waals surface area contributed by atoms with E-state index < -0.39 is 0 Å². The molecule has 1 spiro atoms. The van der Waals surface area contributed by atoms with E-state index in [1.54, 1.807) is 0 Å². The van der Waals surface area contributed by atoms with Crippen LogP contribution in [0.15, 0.2) is 0 Å². The molecule has 0 bridgehead atoms. The Bertz CT molecular complexity index is 244. The van der Waals surface area contributed by atoms with Crippen molar-refractivity contribution in [2.45, 2.75) is 25.7 Å². The summed E-state index contributed by atoms with van der Waals surface area (Å²) in [4.78, 5) is 22.6. The molecule has 2 fully saturated rings. The average Bonchev–Trinajstić information content (AvgIpc) is 2.14. The molecule has 0 aromatic heterocycles. The van der Waals surface area contributed by atoms with E-state index in [1.807, 2.05) is 0 Å². The van der Waals surface area contributed by atoms with Crippen molar-refractivity contribution in [2.75, 3.05) is 13.1 Å². The molecule has 0 atom stereocenters. The van der Waals surface area contributed by atoms with Crippen LogP contribution in [0.3, 0.4) is 0 Å². The minimum Gasteiger partial charge on any atom is -0.317 e. The Kier molecular flexibility index (Phi) is 2.07. The molecule has 0 aromatic carbocycles. The number of hydrogen-bond donors (Lipinski definition) is 2. The number of carbonyl (C=O) groups excluding carboxylic acids is 2. The summed E-state index contributed by atoms with van der Waals surface area (Å²) in [6, 6.07) is 0. The zero-order valence-corrected chi connectivity index (χ0v) is 7.56. The zero-order chi connectivity index (χ0) is 9.31. The third-order valence-electron chi connectivity index (χ3n) is 3.13. The van der Waals surface area contributed by atoms with Gasteiger partial charge in [0.25, 0.3) is 0 Å². The van der Waals surface area contributed by atoms with E-state index in [4.69, 9.17) is 0 Å². The van der Waals surface area contributed by atoms with Crippen LogP contribution in [0.4, 0.5) is 0 Å². The van der Waals surface area contributed by atoms with Crippen molar-refractivity contribution >= 4 is 11.8 Å². The maximum absolute atomic E-state index is 11.6. The van der Waals surface area contributed by atoms with Crippen molar-refractivity contribution in [1.29, 1.82) is 0 Å². The van der Waals surface area contributed by atoms with E-state index >= 15 is 0 Å². The van der Waals surface area contributed by atoms with E-state index in [1.165, 1.54) is 0 Å². The van der Waals surface area contributed by atoms with Gasteiger partial charge in [0.1, 0.15) is 0 Å². The maximum Gasteiger partial charge on any atom is 0.232 e. The van der Waals surface area contributed by atoms with Crippen molar-refractivity contribution in [3.63, 3.8) is 0 Å². The van der Waals surface area contributed by atoms with Gasteiger partial charge in [-0.15, -0.1) is 0 Å². The lowest BCUT2D eigenvalue weighted by Crippen LogP contribution is -2.52. The van der Waals surface area contributed by atoms with Crippen LogP contribution < -0.4 is 10.6 Å².